The molecule has 7 nitrogen and oxygen atoms in total. The van der Waals surface area contributed by atoms with Crippen molar-refractivity contribution >= 4 is 11.8 Å². The van der Waals surface area contributed by atoms with Crippen LogP contribution in [-0.4, -0.2) is 33.1 Å². The molecular weight excluding hydrogens is 466 g/mol. The highest BCUT2D eigenvalue weighted by Crippen LogP contribution is 2.46. The molecule has 36 heavy (non-hydrogen) atoms. The molecule has 5 rings (SSSR count). The molecule has 0 aliphatic heterocycles. The van der Waals surface area contributed by atoms with Crippen molar-refractivity contribution in [1.29, 1.82) is 0 Å². The van der Waals surface area contributed by atoms with E-state index < -0.39 is 23.5 Å². The Morgan fingerprint density at radius 3 is 2.39 bits per heavy atom. The van der Waals surface area contributed by atoms with Crippen molar-refractivity contribution < 1.29 is 23.4 Å². The Labute approximate surface area is 205 Å². The highest BCUT2D eigenvalue weighted by Gasteiger charge is 2.45. The molecule has 2 atom stereocenters. The second-order valence-corrected chi connectivity index (χ2v) is 8.55. The summed E-state index contributed by atoms with van der Waals surface area (Å²) in [6.07, 6.45) is 5.19. The summed E-state index contributed by atoms with van der Waals surface area (Å²) in [4.78, 5) is 23.9. The minimum atomic E-state index is -0.835. The van der Waals surface area contributed by atoms with Crippen LogP contribution in [0.5, 0.6) is 5.75 Å². The number of halogens is 2. The summed E-state index contributed by atoms with van der Waals surface area (Å²) in [6.45, 7) is 0.0716. The lowest BCUT2D eigenvalue weighted by Gasteiger charge is -2.11. The quantitative estimate of drug-likeness (QED) is 0.348. The summed E-state index contributed by atoms with van der Waals surface area (Å²) in [6, 6.07) is 13.2. The first-order valence-corrected chi connectivity index (χ1v) is 11.3. The first-order valence-electron chi connectivity index (χ1n) is 11.3. The molecule has 2 heterocycles. The molecule has 2 aromatic heterocycles. The Morgan fingerprint density at radius 1 is 1.00 bits per heavy atom. The summed E-state index contributed by atoms with van der Waals surface area (Å²) in [5.41, 5.74) is 3.38. The second kappa shape index (κ2) is 9.69. The number of nitrogens with zero attached hydrogens (tertiary/aromatic N) is 3. The van der Waals surface area contributed by atoms with E-state index in [0.29, 0.717) is 29.2 Å². The van der Waals surface area contributed by atoms with Crippen LogP contribution < -0.4 is 10.1 Å². The van der Waals surface area contributed by atoms with E-state index in [1.54, 1.807) is 25.4 Å². The molecule has 2 aromatic carbocycles. The SMILES string of the molecule is COc1ccc(-c2ccc(-c3cc(CNc4cnc([C@H]5C[C@@H]5C(=O)O)cn4)c(F)cc3F)cc2)nc1. The van der Waals surface area contributed by atoms with E-state index in [4.69, 9.17) is 9.84 Å². The van der Waals surface area contributed by atoms with Crippen molar-refractivity contribution in [2.24, 2.45) is 5.92 Å². The topological polar surface area (TPSA) is 97.2 Å². The minimum Gasteiger partial charge on any atom is -0.495 e. The number of benzene rings is 2. The van der Waals surface area contributed by atoms with Gasteiger partial charge in [-0.25, -0.2) is 13.8 Å². The van der Waals surface area contributed by atoms with E-state index in [0.717, 1.165) is 17.3 Å². The van der Waals surface area contributed by atoms with Crippen molar-refractivity contribution in [3.05, 3.63) is 90.0 Å². The summed E-state index contributed by atoms with van der Waals surface area (Å²) in [7, 11) is 1.57. The van der Waals surface area contributed by atoms with Gasteiger partial charge in [0.05, 0.1) is 43.0 Å². The van der Waals surface area contributed by atoms with Gasteiger partial charge in [-0.1, -0.05) is 24.3 Å². The van der Waals surface area contributed by atoms with Crippen LogP contribution >= 0.6 is 0 Å². The average molecular weight is 488 g/mol. The number of aliphatic carboxylic acids is 1. The molecule has 0 saturated heterocycles. The van der Waals surface area contributed by atoms with Crippen molar-refractivity contribution in [2.75, 3.05) is 12.4 Å². The van der Waals surface area contributed by atoms with Gasteiger partial charge < -0.3 is 15.2 Å². The fraction of sp³-hybridized carbons (Fsp3) is 0.185. The fourth-order valence-corrected chi connectivity index (χ4v) is 4.04. The lowest BCUT2D eigenvalue weighted by atomic mass is 9.99. The van der Waals surface area contributed by atoms with E-state index in [-0.39, 0.29) is 23.6 Å². The average Bonchev–Trinajstić information content (AvgIpc) is 3.70. The van der Waals surface area contributed by atoms with Crippen molar-refractivity contribution in [3.8, 4) is 28.1 Å². The van der Waals surface area contributed by atoms with E-state index in [9.17, 15) is 13.6 Å². The first kappa shape index (κ1) is 23.3. The van der Waals surface area contributed by atoms with Gasteiger partial charge in [-0.3, -0.25) is 14.8 Å². The molecule has 0 bridgehead atoms. The Balaban J connectivity index is 1.29. The van der Waals surface area contributed by atoms with Crippen LogP contribution in [0.1, 0.15) is 23.6 Å². The standard InChI is InChI=1S/C27H22F2N4O3/c1-36-18-6-7-24(30-12-18)16-4-2-15(3-5-16)19-8-17(22(28)10-23(19)29)11-32-26-14-31-25(13-33-26)20-9-21(20)27(34)35/h2-8,10,12-14,20-21H,9,11H2,1H3,(H,32,33)(H,34,35)/t20-,21-/m0/s1. The molecule has 1 saturated carbocycles. The number of aromatic nitrogens is 3. The van der Waals surface area contributed by atoms with Gasteiger partial charge in [-0.2, -0.15) is 0 Å². The molecular formula is C27H22F2N4O3. The lowest BCUT2D eigenvalue weighted by molar-refractivity contribution is -0.138. The molecule has 0 spiro atoms. The number of methoxy groups -OCH3 is 1. The van der Waals surface area contributed by atoms with Gasteiger partial charge in [-0.05, 0) is 30.2 Å². The molecule has 0 unspecified atom stereocenters. The van der Waals surface area contributed by atoms with Gasteiger partial charge >= 0.3 is 5.97 Å². The number of nitrogens with one attached hydrogen (secondary N) is 1. The van der Waals surface area contributed by atoms with Crippen molar-refractivity contribution in [1.82, 2.24) is 15.0 Å². The van der Waals surface area contributed by atoms with Crippen LogP contribution in [0.25, 0.3) is 22.4 Å². The Hall–Kier alpha value is -4.40. The molecule has 2 N–H and O–H groups in total. The number of carboxylic acids is 1. The van der Waals surface area contributed by atoms with E-state index in [1.807, 2.05) is 24.3 Å². The zero-order valence-corrected chi connectivity index (χ0v) is 19.3. The number of rotatable bonds is 8. The fourth-order valence-electron chi connectivity index (χ4n) is 4.04. The van der Waals surface area contributed by atoms with Crippen LogP contribution in [0.15, 0.2) is 67.1 Å². The van der Waals surface area contributed by atoms with Gasteiger partial charge in [0.2, 0.25) is 0 Å². The third kappa shape index (κ3) is 4.86. The van der Waals surface area contributed by atoms with Gasteiger partial charge in [0.1, 0.15) is 23.2 Å². The van der Waals surface area contributed by atoms with Gasteiger partial charge in [0.25, 0.3) is 0 Å². The Morgan fingerprint density at radius 2 is 1.78 bits per heavy atom. The van der Waals surface area contributed by atoms with Crippen LogP contribution in [0.4, 0.5) is 14.6 Å². The minimum absolute atomic E-state index is 0.0716. The van der Waals surface area contributed by atoms with Crippen LogP contribution in [0.3, 0.4) is 0 Å². The largest absolute Gasteiger partial charge is 0.495 e. The normalized spacial score (nSPS) is 16.4. The molecule has 1 aliphatic carbocycles. The first-order chi connectivity index (χ1) is 17.4. The molecule has 1 fully saturated rings. The third-order valence-electron chi connectivity index (χ3n) is 6.22. The van der Waals surface area contributed by atoms with E-state index >= 15 is 0 Å². The number of anilines is 1. The number of hydrogen-bond donors (Lipinski definition) is 2. The smallest absolute Gasteiger partial charge is 0.307 e. The summed E-state index contributed by atoms with van der Waals surface area (Å²) in [5, 5.41) is 12.0. The highest BCUT2D eigenvalue weighted by molar-refractivity contribution is 5.75. The van der Waals surface area contributed by atoms with Crippen molar-refractivity contribution in [2.45, 2.75) is 18.9 Å². The number of hydrogen-bond acceptors (Lipinski definition) is 6. The lowest BCUT2D eigenvalue weighted by Crippen LogP contribution is -2.06. The summed E-state index contributed by atoms with van der Waals surface area (Å²) >= 11 is 0. The molecule has 0 radical (unpaired) electrons. The second-order valence-electron chi connectivity index (χ2n) is 8.55. The number of pyridine rings is 1. The van der Waals surface area contributed by atoms with E-state index in [1.165, 1.54) is 18.5 Å². The van der Waals surface area contributed by atoms with Gasteiger partial charge in [-0.15, -0.1) is 0 Å². The van der Waals surface area contributed by atoms with Gasteiger partial charge in [0.15, 0.2) is 0 Å². The molecule has 182 valence electrons. The Bertz CT molecular complexity index is 1390. The van der Waals surface area contributed by atoms with E-state index in [2.05, 4.69) is 20.3 Å². The zero-order chi connectivity index (χ0) is 25.2. The van der Waals surface area contributed by atoms with Crippen LogP contribution in [0, 0.1) is 17.6 Å². The summed E-state index contributed by atoms with van der Waals surface area (Å²) < 4.78 is 34.3. The number of carboxylic acid groups (broad SMARTS) is 1. The third-order valence-corrected chi connectivity index (χ3v) is 6.22. The number of carbonyl (C=O) groups is 1. The monoisotopic (exact) mass is 488 g/mol. The maximum absolute atomic E-state index is 14.6. The maximum Gasteiger partial charge on any atom is 0.307 e. The predicted molar refractivity (Wildman–Crippen MR) is 129 cm³/mol. The van der Waals surface area contributed by atoms with Gasteiger partial charge in [0, 0.05) is 35.2 Å². The highest BCUT2D eigenvalue weighted by atomic mass is 19.1. The Kier molecular flexibility index (Phi) is 6.28. The van der Waals surface area contributed by atoms with Crippen LogP contribution in [0.2, 0.25) is 0 Å². The number of ether oxygens (including phenoxy) is 1. The molecule has 9 heteroatoms. The molecule has 4 aromatic rings. The predicted octanol–water partition coefficient (Wildman–Crippen LogP) is 5.29. The zero-order valence-electron chi connectivity index (χ0n) is 19.3. The molecule has 1 aliphatic rings. The van der Waals surface area contributed by atoms with Crippen LogP contribution in [-0.2, 0) is 11.3 Å². The maximum atomic E-state index is 14.6. The van der Waals surface area contributed by atoms with Crippen molar-refractivity contribution in [3.63, 3.8) is 0 Å². The summed E-state index contributed by atoms with van der Waals surface area (Å²) in [5.74, 6) is -1.63. The molecule has 0 amide bonds.